The minimum atomic E-state index is -0.177. The maximum Gasteiger partial charge on any atom is 0.235 e. The van der Waals surface area contributed by atoms with Gasteiger partial charge in [0, 0.05) is 12.3 Å². The predicted octanol–water partition coefficient (Wildman–Crippen LogP) is 2.99. The molecule has 0 aromatic carbocycles. The van der Waals surface area contributed by atoms with Crippen LogP contribution in [0.2, 0.25) is 0 Å². The van der Waals surface area contributed by atoms with Crippen molar-refractivity contribution in [3.63, 3.8) is 0 Å². The van der Waals surface area contributed by atoms with Gasteiger partial charge in [0.25, 0.3) is 0 Å². The molecular weight excluding hydrogens is 402 g/mol. The number of carbonyl (C=O) groups is 1. The number of nitrogens with one attached hydrogen (secondary N) is 1. The Balaban J connectivity index is 1.46. The summed E-state index contributed by atoms with van der Waals surface area (Å²) >= 11 is 1.33. The summed E-state index contributed by atoms with van der Waals surface area (Å²) in [4.78, 5) is 12.8. The Labute approximate surface area is 180 Å². The number of thioether (sulfide) groups is 1. The van der Waals surface area contributed by atoms with Crippen molar-refractivity contribution in [2.24, 2.45) is 0 Å². The number of hydrogen-bond acceptors (Lipinski definition) is 7. The molecule has 1 saturated heterocycles. The van der Waals surface area contributed by atoms with Crippen LogP contribution in [-0.2, 0) is 16.1 Å². The molecule has 2 aliphatic rings. The molecule has 1 saturated carbocycles. The zero-order valence-electron chi connectivity index (χ0n) is 17.4. The normalized spacial score (nSPS) is 19.3. The molecule has 0 unspecified atom stereocenters. The molecule has 30 heavy (non-hydrogen) atoms. The van der Waals surface area contributed by atoms with Gasteiger partial charge >= 0.3 is 0 Å². The van der Waals surface area contributed by atoms with E-state index in [1.54, 1.807) is 0 Å². The molecule has 1 atom stereocenters. The van der Waals surface area contributed by atoms with Crippen LogP contribution in [0.4, 0.5) is 5.82 Å². The molecule has 1 aliphatic heterocycles. The first kappa shape index (κ1) is 20.9. The van der Waals surface area contributed by atoms with Crippen molar-refractivity contribution in [3.8, 4) is 6.07 Å². The van der Waals surface area contributed by atoms with Crippen LogP contribution < -0.4 is 5.32 Å². The average Bonchev–Trinajstić information content (AvgIpc) is 3.53. The van der Waals surface area contributed by atoms with Crippen molar-refractivity contribution in [1.29, 1.82) is 5.26 Å². The number of amides is 1. The fraction of sp³-hybridized carbons (Fsp3) is 0.650. The molecule has 2 aromatic rings. The van der Waals surface area contributed by atoms with Crippen LogP contribution in [-0.4, -0.2) is 49.1 Å². The molecule has 9 nitrogen and oxygen atoms in total. The number of tetrazole rings is 1. The van der Waals surface area contributed by atoms with E-state index < -0.39 is 0 Å². The molecule has 1 N–H and O–H groups in total. The largest absolute Gasteiger partial charge is 0.376 e. The Morgan fingerprint density at radius 1 is 1.30 bits per heavy atom. The molecule has 10 heteroatoms. The second-order valence-electron chi connectivity index (χ2n) is 7.97. The summed E-state index contributed by atoms with van der Waals surface area (Å²) < 4.78 is 9.62. The van der Waals surface area contributed by atoms with E-state index in [0.717, 1.165) is 43.5 Å². The number of nitriles is 1. The molecule has 1 aliphatic carbocycles. The lowest BCUT2D eigenvalue weighted by Gasteiger charge is -2.17. The van der Waals surface area contributed by atoms with E-state index in [1.165, 1.54) is 24.6 Å². The summed E-state index contributed by atoms with van der Waals surface area (Å²) in [5.41, 5.74) is 2.39. The van der Waals surface area contributed by atoms with E-state index in [1.807, 2.05) is 23.1 Å². The molecule has 3 heterocycles. The number of aromatic nitrogens is 5. The topological polar surface area (TPSA) is 111 Å². The van der Waals surface area contributed by atoms with E-state index in [9.17, 15) is 10.1 Å². The monoisotopic (exact) mass is 429 g/mol. The first-order chi connectivity index (χ1) is 14.6. The molecule has 0 radical (unpaired) electrons. The molecule has 1 amide bonds. The molecule has 2 fully saturated rings. The van der Waals surface area contributed by atoms with Crippen molar-refractivity contribution in [2.45, 2.75) is 76.2 Å². The van der Waals surface area contributed by atoms with E-state index in [4.69, 9.17) is 4.74 Å². The zero-order valence-corrected chi connectivity index (χ0v) is 18.2. The summed E-state index contributed by atoms with van der Waals surface area (Å²) in [5, 5.41) is 25.3. The van der Waals surface area contributed by atoms with Crippen LogP contribution in [0.1, 0.15) is 61.4 Å². The van der Waals surface area contributed by atoms with Gasteiger partial charge in [-0.25, -0.2) is 4.68 Å². The predicted molar refractivity (Wildman–Crippen MR) is 112 cm³/mol. The highest BCUT2D eigenvalue weighted by Crippen LogP contribution is 2.32. The Bertz CT molecular complexity index is 949. The van der Waals surface area contributed by atoms with E-state index in [-0.39, 0.29) is 17.8 Å². The van der Waals surface area contributed by atoms with Crippen molar-refractivity contribution in [2.75, 3.05) is 17.7 Å². The Morgan fingerprint density at radius 2 is 2.10 bits per heavy atom. The van der Waals surface area contributed by atoms with Gasteiger partial charge in [-0.1, -0.05) is 24.6 Å². The van der Waals surface area contributed by atoms with E-state index in [0.29, 0.717) is 29.1 Å². The molecule has 0 spiro atoms. The maximum atomic E-state index is 12.8. The minimum absolute atomic E-state index is 0.114. The second-order valence-corrected chi connectivity index (χ2v) is 8.92. The third kappa shape index (κ3) is 4.23. The maximum absolute atomic E-state index is 12.8. The number of rotatable bonds is 7. The quantitative estimate of drug-likeness (QED) is 0.674. The number of carbonyl (C=O) groups excluding carboxylic acids is 1. The number of nitrogens with zero attached hydrogens (tertiary/aromatic N) is 6. The van der Waals surface area contributed by atoms with Crippen molar-refractivity contribution in [1.82, 2.24) is 24.8 Å². The number of ether oxygens (including phenoxy) is 1. The third-order valence-corrected chi connectivity index (χ3v) is 7.01. The average molecular weight is 430 g/mol. The van der Waals surface area contributed by atoms with Crippen LogP contribution in [0.25, 0.3) is 0 Å². The number of hydrogen-bond donors (Lipinski definition) is 1. The van der Waals surface area contributed by atoms with Crippen LogP contribution in [0.15, 0.2) is 5.16 Å². The Kier molecular flexibility index (Phi) is 6.39. The van der Waals surface area contributed by atoms with Gasteiger partial charge in [0.1, 0.15) is 11.9 Å². The lowest BCUT2D eigenvalue weighted by Crippen LogP contribution is -2.22. The van der Waals surface area contributed by atoms with Gasteiger partial charge in [0.2, 0.25) is 11.1 Å². The van der Waals surface area contributed by atoms with Gasteiger partial charge in [0.05, 0.1) is 30.0 Å². The van der Waals surface area contributed by atoms with Crippen molar-refractivity contribution in [3.05, 3.63) is 16.8 Å². The Morgan fingerprint density at radius 3 is 2.80 bits per heavy atom. The summed E-state index contributed by atoms with van der Waals surface area (Å²) in [6.45, 7) is 5.30. The van der Waals surface area contributed by atoms with E-state index in [2.05, 4.69) is 26.9 Å². The number of anilines is 1. The lowest BCUT2D eigenvalue weighted by atomic mass is 10.2. The summed E-state index contributed by atoms with van der Waals surface area (Å²) in [6, 6.07) is 2.58. The molecule has 4 rings (SSSR count). The Hall–Kier alpha value is -2.38. The lowest BCUT2D eigenvalue weighted by molar-refractivity contribution is -0.113. The van der Waals surface area contributed by atoms with Crippen LogP contribution in [0.3, 0.4) is 0 Å². The first-order valence-electron chi connectivity index (χ1n) is 10.5. The van der Waals surface area contributed by atoms with Gasteiger partial charge in [-0.2, -0.15) is 5.26 Å². The molecule has 2 aromatic heterocycles. The highest BCUT2D eigenvalue weighted by Gasteiger charge is 2.25. The second kappa shape index (κ2) is 9.18. The highest BCUT2D eigenvalue weighted by atomic mass is 32.2. The first-order valence-corrected chi connectivity index (χ1v) is 11.5. The minimum Gasteiger partial charge on any atom is -0.376 e. The smallest absolute Gasteiger partial charge is 0.235 e. The molecular formula is C20H27N7O2S. The van der Waals surface area contributed by atoms with E-state index >= 15 is 0 Å². The fourth-order valence-corrected chi connectivity index (χ4v) is 5.05. The standard InChI is InChI=1S/C20H27N7O2S/c1-13-14(2)26(11-16-8-5-9-29-16)19(17(13)10-21)22-18(28)12-30-20-23-24-25-27(20)15-6-3-4-7-15/h15-16H,3-9,11-12H2,1-2H3,(H,22,28)/t16-/m0/s1. The van der Waals surface area contributed by atoms with Gasteiger partial charge in [-0.3, -0.25) is 4.79 Å². The highest BCUT2D eigenvalue weighted by molar-refractivity contribution is 7.99. The third-order valence-electron chi connectivity index (χ3n) is 6.07. The van der Waals surface area contributed by atoms with Gasteiger partial charge in [-0.15, -0.1) is 5.10 Å². The summed E-state index contributed by atoms with van der Waals surface area (Å²) in [6.07, 6.45) is 6.67. The van der Waals surface area contributed by atoms with Gasteiger partial charge in [0.15, 0.2) is 0 Å². The van der Waals surface area contributed by atoms with Crippen molar-refractivity contribution >= 4 is 23.5 Å². The van der Waals surface area contributed by atoms with Gasteiger partial charge in [-0.05, 0) is 55.5 Å². The van der Waals surface area contributed by atoms with Gasteiger partial charge < -0.3 is 14.6 Å². The summed E-state index contributed by atoms with van der Waals surface area (Å²) in [5.74, 6) is 0.564. The SMILES string of the molecule is Cc1c(C#N)c(NC(=O)CSc2nnnn2C2CCCC2)n(C[C@@H]2CCCO2)c1C. The summed E-state index contributed by atoms with van der Waals surface area (Å²) in [7, 11) is 0. The fourth-order valence-electron chi connectivity index (χ4n) is 4.31. The molecule has 160 valence electrons. The van der Waals surface area contributed by atoms with Crippen LogP contribution >= 0.6 is 11.8 Å². The van der Waals surface area contributed by atoms with Crippen LogP contribution in [0.5, 0.6) is 0 Å². The van der Waals surface area contributed by atoms with Crippen molar-refractivity contribution < 1.29 is 9.53 Å². The molecule has 0 bridgehead atoms. The zero-order chi connectivity index (χ0) is 21.1. The van der Waals surface area contributed by atoms with Crippen LogP contribution in [0, 0.1) is 25.2 Å².